The van der Waals surface area contributed by atoms with E-state index < -0.39 is 5.97 Å². The fourth-order valence-electron chi connectivity index (χ4n) is 2.90. The van der Waals surface area contributed by atoms with Crippen LogP contribution in [-0.2, 0) is 4.74 Å². The second-order valence-corrected chi connectivity index (χ2v) is 5.23. The van der Waals surface area contributed by atoms with Gasteiger partial charge in [0.25, 0.3) is 0 Å². The van der Waals surface area contributed by atoms with Crippen LogP contribution in [-0.4, -0.2) is 23.3 Å². The number of hydrogen-bond acceptors (Lipinski definition) is 3. The van der Waals surface area contributed by atoms with Gasteiger partial charge in [-0.3, -0.25) is 4.79 Å². The number of nitrogens with zero attached hydrogens (tertiary/aromatic N) is 1. The van der Waals surface area contributed by atoms with Crippen LogP contribution in [0.1, 0.15) is 33.3 Å². The molecule has 1 aromatic carbocycles. The molecule has 0 spiro atoms. The van der Waals surface area contributed by atoms with Crippen LogP contribution in [0.3, 0.4) is 0 Å². The molecule has 0 aliphatic rings. The highest BCUT2D eigenvalue weighted by Crippen LogP contribution is 2.32. The molecule has 0 unspecified atom stereocenters. The van der Waals surface area contributed by atoms with E-state index in [1.165, 1.54) is 0 Å². The van der Waals surface area contributed by atoms with Crippen LogP contribution in [0.15, 0.2) is 48.5 Å². The monoisotopic (exact) mass is 307 g/mol. The largest absolute Gasteiger partial charge is 0.462 e. The minimum absolute atomic E-state index is 0.265. The number of ether oxygens (including phenoxy) is 1. The summed E-state index contributed by atoms with van der Waals surface area (Å²) in [5.41, 5.74) is 3.92. The second kappa shape index (κ2) is 6.08. The number of rotatable bonds is 4. The number of fused-ring (bicyclic) bond motifs is 1. The number of aryl methyl sites for hydroxylation is 1. The molecule has 0 N–H and O–H groups in total. The van der Waals surface area contributed by atoms with Crippen molar-refractivity contribution in [2.45, 2.75) is 13.8 Å². The fraction of sp³-hybridized carbons (Fsp3) is 0.158. The maximum Gasteiger partial charge on any atom is 0.341 e. The lowest BCUT2D eigenvalue weighted by atomic mass is 10.1. The second-order valence-electron chi connectivity index (χ2n) is 5.23. The Balaban J connectivity index is 2.44. The van der Waals surface area contributed by atoms with Crippen LogP contribution < -0.4 is 0 Å². The molecule has 2 heterocycles. The Kier molecular flexibility index (Phi) is 3.98. The van der Waals surface area contributed by atoms with Gasteiger partial charge in [-0.1, -0.05) is 36.4 Å². The van der Waals surface area contributed by atoms with Gasteiger partial charge in [-0.15, -0.1) is 0 Å². The Hall–Kier alpha value is -2.88. The highest BCUT2D eigenvalue weighted by molar-refractivity contribution is 6.09. The molecule has 23 heavy (non-hydrogen) atoms. The third-order valence-electron chi connectivity index (χ3n) is 3.83. The molecule has 0 fully saturated rings. The van der Waals surface area contributed by atoms with Gasteiger partial charge in [-0.2, -0.15) is 0 Å². The first kappa shape index (κ1) is 15.0. The zero-order valence-corrected chi connectivity index (χ0v) is 13.1. The third-order valence-corrected chi connectivity index (χ3v) is 3.83. The maximum atomic E-state index is 12.4. The molecule has 3 rings (SSSR count). The Bertz CT molecular complexity index is 879. The van der Waals surface area contributed by atoms with Crippen molar-refractivity contribution in [2.75, 3.05) is 6.61 Å². The summed E-state index contributed by atoms with van der Waals surface area (Å²) in [5.74, 6) is -0.472. The van der Waals surface area contributed by atoms with E-state index in [0.717, 1.165) is 23.2 Å². The van der Waals surface area contributed by atoms with E-state index >= 15 is 0 Å². The normalized spacial score (nSPS) is 10.7. The summed E-state index contributed by atoms with van der Waals surface area (Å²) < 4.78 is 7.09. The van der Waals surface area contributed by atoms with Gasteiger partial charge in [0, 0.05) is 5.69 Å². The Morgan fingerprint density at radius 1 is 1.13 bits per heavy atom. The van der Waals surface area contributed by atoms with Gasteiger partial charge in [-0.05, 0) is 31.5 Å². The summed E-state index contributed by atoms with van der Waals surface area (Å²) >= 11 is 0. The summed E-state index contributed by atoms with van der Waals surface area (Å²) in [6.07, 6.45) is 0.737. The molecule has 4 nitrogen and oxygen atoms in total. The number of aldehydes is 1. The number of carbonyl (C=O) groups excluding carboxylic acids is 2. The minimum atomic E-state index is -0.472. The number of aromatic nitrogens is 1. The summed E-state index contributed by atoms with van der Waals surface area (Å²) in [6, 6.07) is 15.2. The van der Waals surface area contributed by atoms with E-state index in [1.54, 1.807) is 6.92 Å². The zero-order chi connectivity index (χ0) is 16.4. The molecule has 2 aromatic heterocycles. The summed E-state index contributed by atoms with van der Waals surface area (Å²) in [7, 11) is 0. The van der Waals surface area contributed by atoms with Gasteiger partial charge in [-0.25, -0.2) is 4.79 Å². The smallest absolute Gasteiger partial charge is 0.341 e. The lowest BCUT2D eigenvalue weighted by Crippen LogP contribution is -2.06. The average Bonchev–Trinajstić information content (AvgIpc) is 2.91. The van der Waals surface area contributed by atoms with Crippen molar-refractivity contribution in [3.8, 4) is 11.3 Å². The van der Waals surface area contributed by atoms with Gasteiger partial charge in [0.1, 0.15) is 0 Å². The summed E-state index contributed by atoms with van der Waals surface area (Å²) in [5, 5.41) is 0. The number of hydrogen-bond donors (Lipinski definition) is 0. The third kappa shape index (κ3) is 2.42. The predicted molar refractivity (Wildman–Crippen MR) is 88.9 cm³/mol. The molecule has 0 saturated heterocycles. The zero-order valence-electron chi connectivity index (χ0n) is 13.1. The topological polar surface area (TPSA) is 47.8 Å². The lowest BCUT2D eigenvalue weighted by Gasteiger charge is -2.07. The first-order valence-corrected chi connectivity index (χ1v) is 7.50. The number of esters is 1. The number of benzene rings is 1. The molecular formula is C19H17NO3. The quantitative estimate of drug-likeness (QED) is 0.542. The van der Waals surface area contributed by atoms with Crippen LogP contribution in [0.5, 0.6) is 0 Å². The molecule has 0 atom stereocenters. The molecule has 116 valence electrons. The Labute approximate surface area is 134 Å². The summed E-state index contributed by atoms with van der Waals surface area (Å²) in [6.45, 7) is 3.96. The van der Waals surface area contributed by atoms with Gasteiger partial charge in [0.2, 0.25) is 0 Å². The van der Waals surface area contributed by atoms with Crippen molar-refractivity contribution in [1.29, 1.82) is 0 Å². The highest BCUT2D eigenvalue weighted by atomic mass is 16.5. The van der Waals surface area contributed by atoms with Crippen LogP contribution >= 0.6 is 0 Å². The minimum Gasteiger partial charge on any atom is -0.462 e. The lowest BCUT2D eigenvalue weighted by molar-refractivity contribution is 0.0527. The van der Waals surface area contributed by atoms with E-state index in [1.807, 2.05) is 59.9 Å². The molecule has 0 amide bonds. The van der Waals surface area contributed by atoms with Crippen LogP contribution in [0.4, 0.5) is 0 Å². The Morgan fingerprint density at radius 3 is 2.52 bits per heavy atom. The molecule has 0 saturated carbocycles. The van der Waals surface area contributed by atoms with E-state index in [9.17, 15) is 9.59 Å². The molecule has 0 radical (unpaired) electrons. The highest BCUT2D eigenvalue weighted by Gasteiger charge is 2.25. The van der Waals surface area contributed by atoms with Crippen molar-refractivity contribution in [1.82, 2.24) is 4.40 Å². The average molecular weight is 307 g/mol. The number of carbonyl (C=O) groups is 2. The SMILES string of the molecule is CCOC(=O)c1c(C=O)c(-c2ccccc2)n2c(C)cccc12. The van der Waals surface area contributed by atoms with E-state index in [0.29, 0.717) is 16.6 Å². The Morgan fingerprint density at radius 2 is 1.87 bits per heavy atom. The van der Waals surface area contributed by atoms with Gasteiger partial charge in [0.05, 0.1) is 28.9 Å². The fourth-order valence-corrected chi connectivity index (χ4v) is 2.90. The van der Waals surface area contributed by atoms with E-state index in [4.69, 9.17) is 4.74 Å². The van der Waals surface area contributed by atoms with Crippen molar-refractivity contribution in [3.05, 3.63) is 65.4 Å². The summed E-state index contributed by atoms with van der Waals surface area (Å²) in [4.78, 5) is 24.2. The number of pyridine rings is 1. The van der Waals surface area contributed by atoms with Gasteiger partial charge >= 0.3 is 5.97 Å². The van der Waals surface area contributed by atoms with Crippen LogP contribution in [0, 0.1) is 6.92 Å². The predicted octanol–water partition coefficient (Wildman–Crippen LogP) is 3.90. The molecule has 0 aliphatic heterocycles. The standard InChI is InChI=1S/C19H17NO3/c1-3-23-19(22)17-15(12-21)18(14-9-5-4-6-10-14)20-13(2)8-7-11-16(17)20/h4-12H,3H2,1-2H3. The van der Waals surface area contributed by atoms with Crippen LogP contribution in [0.25, 0.3) is 16.8 Å². The van der Waals surface area contributed by atoms with Crippen molar-refractivity contribution in [2.24, 2.45) is 0 Å². The van der Waals surface area contributed by atoms with Crippen molar-refractivity contribution in [3.63, 3.8) is 0 Å². The van der Waals surface area contributed by atoms with Gasteiger partial charge in [0.15, 0.2) is 6.29 Å². The van der Waals surface area contributed by atoms with Gasteiger partial charge < -0.3 is 9.14 Å². The van der Waals surface area contributed by atoms with Crippen molar-refractivity contribution >= 4 is 17.8 Å². The first-order chi connectivity index (χ1) is 11.2. The molecule has 3 aromatic rings. The molecule has 0 bridgehead atoms. The van der Waals surface area contributed by atoms with E-state index in [2.05, 4.69) is 0 Å². The molecule has 4 heteroatoms. The molecule has 0 aliphatic carbocycles. The van der Waals surface area contributed by atoms with E-state index in [-0.39, 0.29) is 6.61 Å². The first-order valence-electron chi connectivity index (χ1n) is 7.50. The molecular weight excluding hydrogens is 290 g/mol. The van der Waals surface area contributed by atoms with Crippen LogP contribution in [0.2, 0.25) is 0 Å². The van der Waals surface area contributed by atoms with Crippen molar-refractivity contribution < 1.29 is 14.3 Å². The maximum absolute atomic E-state index is 12.4.